The maximum atomic E-state index is 10.3. The van der Waals surface area contributed by atoms with Crippen molar-refractivity contribution < 1.29 is 19.3 Å². The molecule has 4 heterocycles. The number of ether oxygens (including phenoxy) is 3. The summed E-state index contributed by atoms with van der Waals surface area (Å²) in [6.07, 6.45) is 4.98. The number of rotatable bonds is 6. The third-order valence-electron chi connectivity index (χ3n) is 6.95. The Morgan fingerprint density at radius 1 is 1.17 bits per heavy atom. The number of aliphatic hydroxyl groups is 1. The van der Waals surface area contributed by atoms with Crippen LogP contribution in [-0.2, 0) is 4.74 Å². The molecule has 3 aromatic rings. The van der Waals surface area contributed by atoms with Gasteiger partial charge in [0, 0.05) is 43.9 Å². The van der Waals surface area contributed by atoms with Gasteiger partial charge in [0.2, 0.25) is 11.8 Å². The van der Waals surface area contributed by atoms with Crippen LogP contribution < -0.4 is 19.7 Å². The zero-order valence-corrected chi connectivity index (χ0v) is 20.9. The number of anilines is 3. The summed E-state index contributed by atoms with van der Waals surface area (Å²) in [6, 6.07) is 7.98. The molecule has 0 aliphatic carbocycles. The number of hydrogen-bond donors (Lipinski definition) is 3. The zero-order chi connectivity index (χ0) is 24.6. The Morgan fingerprint density at radius 2 is 1.97 bits per heavy atom. The van der Waals surface area contributed by atoms with Gasteiger partial charge >= 0.3 is 0 Å². The average molecular weight is 482 g/mol. The van der Waals surface area contributed by atoms with Crippen molar-refractivity contribution >= 4 is 28.4 Å². The first kappa shape index (κ1) is 23.7. The van der Waals surface area contributed by atoms with E-state index in [-0.39, 0.29) is 11.7 Å². The van der Waals surface area contributed by atoms with E-state index in [1.165, 1.54) is 0 Å². The minimum Gasteiger partial charge on any atom is -0.494 e. The molecular formula is C26H35N5O4. The maximum absolute atomic E-state index is 10.3. The lowest BCUT2D eigenvalue weighted by Gasteiger charge is -2.37. The molecule has 2 aliphatic heterocycles. The standard InChI is InChI=1S/C26H35N5O4/c1-25(2)16-18(8-14-34-25)35-23-19-7-11-27-22(19)29-24(30-23)28-20-6-5-17(15-21(20)33-4)31-12-9-26(3,32)10-13-31/h5-7,11,15,18,32H,8-10,12-14,16H2,1-4H3,(H2,27,28,29,30)/t18-/m0/s1. The van der Waals surface area contributed by atoms with E-state index in [2.05, 4.69) is 40.1 Å². The highest BCUT2D eigenvalue weighted by molar-refractivity contribution is 5.82. The highest BCUT2D eigenvalue weighted by atomic mass is 16.5. The number of H-pyrrole nitrogens is 1. The van der Waals surface area contributed by atoms with Crippen LogP contribution in [-0.4, -0.2) is 64.2 Å². The van der Waals surface area contributed by atoms with Gasteiger partial charge in [0.05, 0.1) is 36.0 Å². The predicted octanol–water partition coefficient (Wildman–Crippen LogP) is 4.40. The molecule has 35 heavy (non-hydrogen) atoms. The fourth-order valence-electron chi connectivity index (χ4n) is 4.84. The molecule has 0 spiro atoms. The summed E-state index contributed by atoms with van der Waals surface area (Å²) >= 11 is 0. The smallest absolute Gasteiger partial charge is 0.232 e. The van der Waals surface area contributed by atoms with Gasteiger partial charge in [-0.15, -0.1) is 0 Å². The Hall–Kier alpha value is -3.04. The molecule has 3 N–H and O–H groups in total. The first-order valence-electron chi connectivity index (χ1n) is 12.3. The van der Waals surface area contributed by atoms with E-state index in [9.17, 15) is 5.11 Å². The lowest BCUT2D eigenvalue weighted by molar-refractivity contribution is -0.0901. The van der Waals surface area contributed by atoms with Gasteiger partial charge in [-0.2, -0.15) is 9.97 Å². The van der Waals surface area contributed by atoms with Crippen LogP contribution in [0.2, 0.25) is 0 Å². The fraction of sp³-hybridized carbons (Fsp3) is 0.538. The largest absolute Gasteiger partial charge is 0.494 e. The monoisotopic (exact) mass is 481 g/mol. The number of piperidine rings is 1. The second kappa shape index (κ2) is 9.20. The molecule has 0 bridgehead atoms. The van der Waals surface area contributed by atoms with Crippen molar-refractivity contribution in [1.82, 2.24) is 15.0 Å². The highest BCUT2D eigenvalue weighted by Gasteiger charge is 2.31. The third kappa shape index (κ3) is 5.31. The minimum absolute atomic E-state index is 0.0266. The number of aromatic nitrogens is 3. The van der Waals surface area contributed by atoms with Crippen LogP contribution in [0.5, 0.6) is 11.6 Å². The molecule has 1 aromatic carbocycles. The maximum Gasteiger partial charge on any atom is 0.232 e. The van der Waals surface area contributed by atoms with Crippen LogP contribution in [0.3, 0.4) is 0 Å². The Bertz CT molecular complexity index is 1180. The molecule has 9 nitrogen and oxygen atoms in total. The van der Waals surface area contributed by atoms with Gasteiger partial charge < -0.3 is 34.5 Å². The van der Waals surface area contributed by atoms with Crippen molar-refractivity contribution in [3.05, 3.63) is 30.5 Å². The second-order valence-corrected chi connectivity index (χ2v) is 10.4. The van der Waals surface area contributed by atoms with Crippen LogP contribution >= 0.6 is 0 Å². The zero-order valence-electron chi connectivity index (χ0n) is 20.9. The lowest BCUT2D eigenvalue weighted by atomic mass is 9.93. The predicted molar refractivity (Wildman–Crippen MR) is 136 cm³/mol. The number of nitrogens with one attached hydrogen (secondary N) is 2. The van der Waals surface area contributed by atoms with E-state index in [0.717, 1.165) is 55.5 Å². The number of hydrogen-bond acceptors (Lipinski definition) is 8. The molecule has 9 heteroatoms. The molecule has 0 radical (unpaired) electrons. The number of nitrogens with zero attached hydrogens (tertiary/aromatic N) is 3. The quantitative estimate of drug-likeness (QED) is 0.476. The van der Waals surface area contributed by atoms with Gasteiger partial charge in [0.15, 0.2) is 0 Å². The molecule has 2 aromatic heterocycles. The van der Waals surface area contributed by atoms with Crippen molar-refractivity contribution in [3.8, 4) is 11.6 Å². The number of benzene rings is 1. The van der Waals surface area contributed by atoms with Gasteiger partial charge in [-0.05, 0) is 51.8 Å². The molecule has 0 saturated carbocycles. The molecule has 0 amide bonds. The molecule has 188 valence electrons. The van der Waals surface area contributed by atoms with Gasteiger partial charge in [-0.1, -0.05) is 0 Å². The highest BCUT2D eigenvalue weighted by Crippen LogP contribution is 2.35. The first-order valence-corrected chi connectivity index (χ1v) is 12.3. The summed E-state index contributed by atoms with van der Waals surface area (Å²) in [7, 11) is 1.65. The van der Waals surface area contributed by atoms with E-state index >= 15 is 0 Å². The molecule has 1 atom stereocenters. The lowest BCUT2D eigenvalue weighted by Crippen LogP contribution is -2.42. The van der Waals surface area contributed by atoms with E-state index in [1.54, 1.807) is 7.11 Å². The molecule has 5 rings (SSSR count). The van der Waals surface area contributed by atoms with Crippen molar-refractivity contribution in [2.24, 2.45) is 0 Å². The summed E-state index contributed by atoms with van der Waals surface area (Å²) in [5.41, 5.74) is 1.74. The SMILES string of the molecule is COc1cc(N2CCC(C)(O)CC2)ccc1Nc1nc(O[C@H]2CCOC(C)(C)C2)c2cc[nH]c2n1. The first-order chi connectivity index (χ1) is 16.7. The number of aromatic amines is 1. The molecule has 2 fully saturated rings. The van der Waals surface area contributed by atoms with Gasteiger partial charge in [-0.25, -0.2) is 0 Å². The van der Waals surface area contributed by atoms with Gasteiger partial charge in [0.25, 0.3) is 0 Å². The summed E-state index contributed by atoms with van der Waals surface area (Å²) in [4.78, 5) is 14.8. The van der Waals surface area contributed by atoms with Gasteiger partial charge in [-0.3, -0.25) is 0 Å². The third-order valence-corrected chi connectivity index (χ3v) is 6.95. The van der Waals surface area contributed by atoms with E-state index < -0.39 is 5.60 Å². The summed E-state index contributed by atoms with van der Waals surface area (Å²) < 4.78 is 17.9. The summed E-state index contributed by atoms with van der Waals surface area (Å²) in [6.45, 7) is 8.35. The van der Waals surface area contributed by atoms with Crippen LogP contribution in [0.15, 0.2) is 30.5 Å². The van der Waals surface area contributed by atoms with Crippen LogP contribution in [0.4, 0.5) is 17.3 Å². The average Bonchev–Trinajstić information content (AvgIpc) is 3.28. The van der Waals surface area contributed by atoms with E-state index in [1.807, 2.05) is 31.3 Å². The molecular weight excluding hydrogens is 446 g/mol. The topological polar surface area (TPSA) is 105 Å². The summed E-state index contributed by atoms with van der Waals surface area (Å²) in [5.74, 6) is 1.68. The van der Waals surface area contributed by atoms with Gasteiger partial charge in [0.1, 0.15) is 17.5 Å². The number of methoxy groups -OCH3 is 1. The Balaban J connectivity index is 1.37. The number of fused-ring (bicyclic) bond motifs is 1. The Labute approximate surface area is 205 Å². The molecule has 2 aliphatic rings. The van der Waals surface area contributed by atoms with E-state index in [4.69, 9.17) is 19.2 Å². The second-order valence-electron chi connectivity index (χ2n) is 10.4. The molecule has 2 saturated heterocycles. The van der Waals surface area contributed by atoms with Crippen molar-refractivity contribution in [3.63, 3.8) is 0 Å². The normalized spacial score (nSPS) is 21.6. The van der Waals surface area contributed by atoms with Crippen LogP contribution in [0.25, 0.3) is 11.0 Å². The van der Waals surface area contributed by atoms with Crippen molar-refractivity contribution in [1.29, 1.82) is 0 Å². The van der Waals surface area contributed by atoms with E-state index in [0.29, 0.717) is 29.8 Å². The Morgan fingerprint density at radius 3 is 2.71 bits per heavy atom. The summed E-state index contributed by atoms with van der Waals surface area (Å²) in [5, 5.41) is 14.4. The Kier molecular flexibility index (Phi) is 6.23. The van der Waals surface area contributed by atoms with Crippen molar-refractivity contribution in [2.45, 2.75) is 63.8 Å². The van der Waals surface area contributed by atoms with Crippen LogP contribution in [0.1, 0.15) is 46.5 Å². The van der Waals surface area contributed by atoms with Crippen molar-refractivity contribution in [2.75, 3.05) is 37.0 Å². The van der Waals surface area contributed by atoms with Crippen LogP contribution in [0, 0.1) is 0 Å². The fourth-order valence-corrected chi connectivity index (χ4v) is 4.84. The minimum atomic E-state index is -0.587. The molecule has 0 unspecified atom stereocenters.